The number of amides is 2. The number of anilines is 1. The molecule has 150 valence electrons. The number of hydrogen-bond donors (Lipinski definition) is 3. The summed E-state index contributed by atoms with van der Waals surface area (Å²) in [7, 11) is -3.77. The first-order valence-corrected chi connectivity index (χ1v) is 11.5. The zero-order valence-corrected chi connectivity index (χ0v) is 17.3. The molecule has 6 nitrogen and oxygen atoms in total. The molecule has 0 fully saturated rings. The predicted octanol–water partition coefficient (Wildman–Crippen LogP) is 3.63. The molecule has 2 amide bonds. The van der Waals surface area contributed by atoms with E-state index in [-0.39, 0.29) is 9.09 Å². The molecule has 0 spiro atoms. The van der Waals surface area contributed by atoms with Crippen molar-refractivity contribution in [1.29, 1.82) is 0 Å². The Bertz CT molecular complexity index is 1110. The Balaban J connectivity index is 1.66. The van der Waals surface area contributed by atoms with E-state index in [1.165, 1.54) is 25.0 Å². The zero-order valence-electron chi connectivity index (χ0n) is 15.7. The van der Waals surface area contributed by atoms with Gasteiger partial charge in [0.25, 0.3) is 0 Å². The Morgan fingerprint density at radius 1 is 1.25 bits per heavy atom. The first-order valence-electron chi connectivity index (χ1n) is 9.11. The van der Waals surface area contributed by atoms with E-state index in [1.807, 2.05) is 0 Å². The van der Waals surface area contributed by atoms with Gasteiger partial charge in [-0.05, 0) is 74.3 Å². The van der Waals surface area contributed by atoms with E-state index in [9.17, 15) is 18.5 Å². The van der Waals surface area contributed by atoms with E-state index in [0.29, 0.717) is 0 Å². The second-order valence-corrected chi connectivity index (χ2v) is 10.8. The molecule has 0 bridgehead atoms. The van der Waals surface area contributed by atoms with Gasteiger partial charge in [0, 0.05) is 10.6 Å². The van der Waals surface area contributed by atoms with Crippen molar-refractivity contribution in [3.8, 4) is 0 Å². The number of urea groups is 1. The number of nitrogens with one attached hydrogen (secondary N) is 1. The number of thiophene rings is 1. The van der Waals surface area contributed by atoms with Crippen molar-refractivity contribution in [2.45, 2.75) is 55.8 Å². The standard InChI is InChI=1S/C19H22FN3O3S2/c1-19(2,25)15-9-14(20)17(27-15)28(21,26)23-18(24)22-16-12-5-3-4-10(12)8-11-6-7-13(11)16/h8-9,25H,3-7H2,1-2H3,(H3,21,22,23,24,26)/t28-/m1/s1. The molecule has 0 unspecified atom stereocenters. The van der Waals surface area contributed by atoms with Gasteiger partial charge < -0.3 is 10.4 Å². The largest absolute Gasteiger partial charge is 0.385 e. The van der Waals surface area contributed by atoms with Crippen molar-refractivity contribution in [2.24, 2.45) is 9.50 Å². The summed E-state index contributed by atoms with van der Waals surface area (Å²) in [4.78, 5) is 12.8. The van der Waals surface area contributed by atoms with Crippen molar-refractivity contribution < 1.29 is 18.5 Å². The van der Waals surface area contributed by atoms with Gasteiger partial charge in [-0.1, -0.05) is 6.07 Å². The fourth-order valence-corrected chi connectivity index (χ4v) is 6.08. The molecule has 0 radical (unpaired) electrons. The van der Waals surface area contributed by atoms with Crippen molar-refractivity contribution in [3.05, 3.63) is 45.1 Å². The highest BCUT2D eigenvalue weighted by Crippen LogP contribution is 2.40. The Labute approximate surface area is 167 Å². The number of carbonyl (C=O) groups excluding carboxylic acids is 1. The molecular formula is C19H22FN3O3S2. The summed E-state index contributed by atoms with van der Waals surface area (Å²) in [5.74, 6) is -0.837. The number of halogens is 1. The van der Waals surface area contributed by atoms with Crippen LogP contribution in [0.2, 0.25) is 0 Å². The van der Waals surface area contributed by atoms with E-state index in [4.69, 9.17) is 5.14 Å². The van der Waals surface area contributed by atoms with E-state index < -0.39 is 27.4 Å². The molecule has 0 saturated carbocycles. The van der Waals surface area contributed by atoms with Gasteiger partial charge in [-0.3, -0.25) is 0 Å². The maximum Gasteiger partial charge on any atom is 0.354 e. The Morgan fingerprint density at radius 3 is 2.54 bits per heavy atom. The summed E-state index contributed by atoms with van der Waals surface area (Å²) >= 11 is 0.759. The number of nitrogens with zero attached hydrogens (tertiary/aromatic N) is 1. The Hall–Kier alpha value is -1.81. The molecular weight excluding hydrogens is 401 g/mol. The second kappa shape index (κ2) is 6.62. The van der Waals surface area contributed by atoms with Gasteiger partial charge in [-0.15, -0.1) is 15.7 Å². The molecule has 2 aliphatic carbocycles. The highest BCUT2D eigenvalue weighted by atomic mass is 32.2. The van der Waals surface area contributed by atoms with Gasteiger partial charge >= 0.3 is 6.03 Å². The van der Waals surface area contributed by atoms with Gasteiger partial charge in [-0.2, -0.15) is 0 Å². The minimum Gasteiger partial charge on any atom is -0.385 e. The van der Waals surface area contributed by atoms with E-state index in [1.54, 1.807) is 0 Å². The minimum absolute atomic E-state index is 0.260. The summed E-state index contributed by atoms with van der Waals surface area (Å²) < 4.78 is 30.3. The SMILES string of the molecule is CC(C)(O)c1cc(F)c([S@](N)(=O)=NC(=O)Nc2c3c(cc4c2CC4)CCC3)s1. The summed E-state index contributed by atoms with van der Waals surface area (Å²) in [6.07, 6.45) is 4.76. The van der Waals surface area contributed by atoms with Crippen LogP contribution in [0.1, 0.15) is 47.4 Å². The Morgan fingerprint density at radius 2 is 1.93 bits per heavy atom. The maximum absolute atomic E-state index is 14.3. The van der Waals surface area contributed by atoms with Crippen LogP contribution >= 0.6 is 11.3 Å². The first kappa shape index (κ1) is 19.5. The third kappa shape index (κ3) is 3.36. The van der Waals surface area contributed by atoms with Crippen LogP contribution in [0, 0.1) is 5.82 Å². The van der Waals surface area contributed by atoms with E-state index in [2.05, 4.69) is 15.7 Å². The molecule has 0 aliphatic heterocycles. The average molecular weight is 424 g/mol. The van der Waals surface area contributed by atoms with Crippen molar-refractivity contribution in [3.63, 3.8) is 0 Å². The molecule has 0 saturated heterocycles. The summed E-state index contributed by atoms with van der Waals surface area (Å²) in [6, 6.07) is 2.44. The van der Waals surface area contributed by atoms with Crippen LogP contribution in [0.3, 0.4) is 0 Å². The van der Waals surface area contributed by atoms with Crippen LogP contribution in [-0.2, 0) is 41.2 Å². The molecule has 4 N–H and O–H groups in total. The molecule has 1 aromatic carbocycles. The topological polar surface area (TPSA) is 105 Å². The first-order chi connectivity index (χ1) is 13.1. The van der Waals surface area contributed by atoms with Crippen LogP contribution < -0.4 is 10.5 Å². The number of rotatable bonds is 3. The number of aliphatic hydroxyl groups is 1. The number of aryl methyl sites for hydroxylation is 2. The summed E-state index contributed by atoms with van der Waals surface area (Å²) in [5.41, 5.74) is 4.11. The highest BCUT2D eigenvalue weighted by molar-refractivity contribution is 7.93. The monoisotopic (exact) mass is 423 g/mol. The number of carbonyl (C=O) groups is 1. The number of benzene rings is 1. The zero-order chi connectivity index (χ0) is 20.3. The molecule has 4 rings (SSSR count). The molecule has 1 heterocycles. The van der Waals surface area contributed by atoms with Crippen molar-refractivity contribution in [2.75, 3.05) is 5.32 Å². The normalized spacial score (nSPS) is 17.3. The van der Waals surface area contributed by atoms with E-state index in [0.717, 1.165) is 66.3 Å². The molecule has 1 aromatic heterocycles. The lowest BCUT2D eigenvalue weighted by atomic mass is 9.83. The molecule has 1 atom stereocenters. The second-order valence-electron chi connectivity index (χ2n) is 7.78. The van der Waals surface area contributed by atoms with Crippen LogP contribution in [0.5, 0.6) is 0 Å². The van der Waals surface area contributed by atoms with Crippen molar-refractivity contribution >= 4 is 33.0 Å². The van der Waals surface area contributed by atoms with Crippen LogP contribution in [0.25, 0.3) is 0 Å². The fraction of sp³-hybridized carbons (Fsp3) is 0.421. The molecule has 2 aromatic rings. The van der Waals surface area contributed by atoms with E-state index >= 15 is 0 Å². The number of hydrogen-bond acceptors (Lipinski definition) is 4. The molecule has 2 aliphatic rings. The molecule has 28 heavy (non-hydrogen) atoms. The lowest BCUT2D eigenvalue weighted by molar-refractivity contribution is 0.0823. The predicted molar refractivity (Wildman–Crippen MR) is 107 cm³/mol. The van der Waals surface area contributed by atoms with Gasteiger partial charge in [0.05, 0.1) is 5.60 Å². The van der Waals surface area contributed by atoms with Crippen LogP contribution in [0.4, 0.5) is 14.9 Å². The smallest absolute Gasteiger partial charge is 0.354 e. The fourth-order valence-electron chi connectivity index (χ4n) is 3.74. The third-order valence-electron chi connectivity index (χ3n) is 5.22. The average Bonchev–Trinajstić information content (AvgIpc) is 3.15. The number of fused-ring (bicyclic) bond motifs is 2. The lowest BCUT2D eigenvalue weighted by Crippen LogP contribution is -2.21. The summed E-state index contributed by atoms with van der Waals surface area (Å²) in [5, 5.41) is 18.5. The minimum atomic E-state index is -3.77. The maximum atomic E-state index is 14.3. The lowest BCUT2D eigenvalue weighted by Gasteiger charge is -2.25. The van der Waals surface area contributed by atoms with Crippen LogP contribution in [-0.4, -0.2) is 15.3 Å². The van der Waals surface area contributed by atoms with Gasteiger partial charge in [0.2, 0.25) is 0 Å². The third-order valence-corrected chi connectivity index (χ3v) is 8.57. The van der Waals surface area contributed by atoms with Crippen molar-refractivity contribution in [1.82, 2.24) is 0 Å². The van der Waals surface area contributed by atoms with Crippen LogP contribution in [0.15, 0.2) is 20.7 Å². The number of nitrogens with two attached hydrogens (primary N) is 1. The summed E-state index contributed by atoms with van der Waals surface area (Å²) in [6.45, 7) is 2.97. The highest BCUT2D eigenvalue weighted by Gasteiger charge is 2.28. The Kier molecular flexibility index (Phi) is 4.61. The molecule has 9 heteroatoms. The van der Waals surface area contributed by atoms with Gasteiger partial charge in [0.15, 0.2) is 19.9 Å². The quantitative estimate of drug-likeness (QED) is 0.702. The van der Waals surface area contributed by atoms with Gasteiger partial charge in [0.1, 0.15) is 0 Å². The van der Waals surface area contributed by atoms with Gasteiger partial charge in [-0.25, -0.2) is 18.5 Å².